The summed E-state index contributed by atoms with van der Waals surface area (Å²) in [5.74, 6) is 1.13. The second-order valence-electron chi connectivity index (χ2n) is 6.40. The highest BCUT2D eigenvalue weighted by Crippen LogP contribution is 2.32. The van der Waals surface area contributed by atoms with Crippen LogP contribution in [-0.2, 0) is 16.1 Å². The monoisotopic (exact) mass is 351 g/mol. The van der Waals surface area contributed by atoms with Crippen LogP contribution >= 0.6 is 0 Å². The second kappa shape index (κ2) is 7.47. The van der Waals surface area contributed by atoms with Crippen molar-refractivity contribution in [2.45, 2.75) is 19.4 Å². The maximum absolute atomic E-state index is 11.9. The van der Waals surface area contributed by atoms with Crippen LogP contribution in [0, 0.1) is 5.92 Å². The molecule has 1 aliphatic heterocycles. The van der Waals surface area contributed by atoms with E-state index < -0.39 is 0 Å². The Labute approximate surface area is 152 Å². The van der Waals surface area contributed by atoms with E-state index in [9.17, 15) is 4.79 Å². The number of carbonyl (C=O) groups is 1. The highest BCUT2D eigenvalue weighted by atomic mass is 16.5. The lowest BCUT2D eigenvalue weighted by Gasteiger charge is -2.18. The number of hydrogen-bond acceptors (Lipinski definition) is 5. The molecule has 2 aromatic carbocycles. The maximum Gasteiger partial charge on any atom is 0.290 e. The molecule has 0 unspecified atom stereocenters. The summed E-state index contributed by atoms with van der Waals surface area (Å²) in [6, 6.07) is 15.9. The van der Waals surface area contributed by atoms with Crippen LogP contribution in [0.25, 0.3) is 0 Å². The number of fused-ring (bicyclic) bond motifs is 1. The van der Waals surface area contributed by atoms with Crippen LogP contribution in [0.15, 0.2) is 53.5 Å². The zero-order chi connectivity index (χ0) is 17.8. The van der Waals surface area contributed by atoms with Gasteiger partial charge in [0.05, 0.1) is 12.2 Å². The van der Waals surface area contributed by atoms with E-state index in [2.05, 4.69) is 15.6 Å². The molecular weight excluding hydrogens is 330 g/mol. The molecular formula is C20H21N3O3. The minimum Gasteiger partial charge on any atom is -0.492 e. The van der Waals surface area contributed by atoms with Crippen LogP contribution in [0.1, 0.15) is 18.4 Å². The fourth-order valence-corrected chi connectivity index (χ4v) is 2.70. The molecule has 2 aromatic rings. The van der Waals surface area contributed by atoms with Gasteiger partial charge in [0.25, 0.3) is 6.02 Å². The van der Waals surface area contributed by atoms with Crippen LogP contribution in [0.3, 0.4) is 0 Å². The second-order valence-corrected chi connectivity index (χ2v) is 6.40. The van der Waals surface area contributed by atoms with Crippen molar-refractivity contribution in [1.29, 1.82) is 0 Å². The number of hydrogen-bond donors (Lipinski definition) is 2. The van der Waals surface area contributed by atoms with Crippen LogP contribution < -0.4 is 15.4 Å². The molecule has 6 nitrogen and oxygen atoms in total. The lowest BCUT2D eigenvalue weighted by molar-refractivity contribution is -0.117. The van der Waals surface area contributed by atoms with Gasteiger partial charge in [-0.1, -0.05) is 18.2 Å². The third-order valence-electron chi connectivity index (χ3n) is 4.27. The number of nitrogens with zero attached hydrogens (tertiary/aromatic N) is 1. The fraction of sp³-hybridized carbons (Fsp3) is 0.300. The maximum atomic E-state index is 11.9. The molecule has 4 rings (SSSR count). The van der Waals surface area contributed by atoms with E-state index in [-0.39, 0.29) is 11.8 Å². The molecule has 26 heavy (non-hydrogen) atoms. The molecule has 0 aromatic heterocycles. The van der Waals surface area contributed by atoms with Gasteiger partial charge in [-0.05, 0) is 43.2 Å². The van der Waals surface area contributed by atoms with Gasteiger partial charge in [0, 0.05) is 17.2 Å². The van der Waals surface area contributed by atoms with Crippen LogP contribution in [0.5, 0.6) is 5.75 Å². The number of benzene rings is 2. The topological polar surface area (TPSA) is 72.0 Å². The average Bonchev–Trinajstić information content (AvgIpc) is 3.51. The van der Waals surface area contributed by atoms with E-state index in [1.54, 1.807) is 0 Å². The zero-order valence-electron chi connectivity index (χ0n) is 14.4. The lowest BCUT2D eigenvalue weighted by atomic mass is 10.1. The Balaban J connectivity index is 1.30. The summed E-state index contributed by atoms with van der Waals surface area (Å²) in [5, 5.41) is 6.08. The highest BCUT2D eigenvalue weighted by Gasteiger charge is 2.29. The van der Waals surface area contributed by atoms with Gasteiger partial charge in [-0.3, -0.25) is 4.79 Å². The summed E-state index contributed by atoms with van der Waals surface area (Å²) < 4.78 is 11.3. The van der Waals surface area contributed by atoms with E-state index in [1.807, 2.05) is 48.5 Å². The van der Waals surface area contributed by atoms with E-state index >= 15 is 0 Å². The molecule has 0 radical (unpaired) electrons. The number of amides is 1. The molecule has 0 atom stereocenters. The summed E-state index contributed by atoms with van der Waals surface area (Å²) in [7, 11) is 0. The zero-order valence-corrected chi connectivity index (χ0v) is 14.4. The van der Waals surface area contributed by atoms with Crippen molar-refractivity contribution in [3.05, 3.63) is 54.1 Å². The first-order valence-electron chi connectivity index (χ1n) is 8.85. The van der Waals surface area contributed by atoms with Crippen molar-refractivity contribution < 1.29 is 14.3 Å². The first-order valence-corrected chi connectivity index (χ1v) is 8.85. The van der Waals surface area contributed by atoms with Crippen LogP contribution in [0.4, 0.5) is 11.4 Å². The Morgan fingerprint density at radius 3 is 2.85 bits per heavy atom. The third kappa shape index (κ3) is 4.14. The lowest BCUT2D eigenvalue weighted by Crippen LogP contribution is -2.31. The largest absolute Gasteiger partial charge is 0.492 e. The summed E-state index contributed by atoms with van der Waals surface area (Å²) in [6.07, 6.45) is 1.99. The summed E-state index contributed by atoms with van der Waals surface area (Å²) >= 11 is 0. The number of anilines is 1. The van der Waals surface area contributed by atoms with Crippen LogP contribution in [-0.4, -0.2) is 25.1 Å². The molecule has 0 spiro atoms. The average molecular weight is 351 g/mol. The number of carbonyl (C=O) groups excluding carboxylic acids is 1. The number of para-hydroxylation sites is 1. The standard InChI is InChI=1S/C20H21N3O3/c24-19(14-6-7-14)22-16-8-9-18-15(12-16)13-26-20(23-18)21-10-11-25-17-4-2-1-3-5-17/h1-5,8-9,12,14H,6-7,10-11,13H2,(H,21,23)(H,22,24). The Morgan fingerprint density at radius 2 is 2.04 bits per heavy atom. The first kappa shape index (κ1) is 16.4. The minimum absolute atomic E-state index is 0.103. The van der Waals surface area contributed by atoms with Crippen LogP contribution in [0.2, 0.25) is 0 Å². The predicted molar refractivity (Wildman–Crippen MR) is 99.6 cm³/mol. The molecule has 1 fully saturated rings. The van der Waals surface area contributed by atoms with Crippen molar-refractivity contribution in [3.8, 4) is 5.75 Å². The number of rotatable bonds is 6. The van der Waals surface area contributed by atoms with E-state index in [1.165, 1.54) is 0 Å². The normalized spacial score (nSPS) is 15.3. The smallest absolute Gasteiger partial charge is 0.290 e. The van der Waals surface area contributed by atoms with Gasteiger partial charge in [0.15, 0.2) is 0 Å². The number of ether oxygens (including phenoxy) is 2. The summed E-state index contributed by atoms with van der Waals surface area (Å²) in [5.41, 5.74) is 2.61. The highest BCUT2D eigenvalue weighted by molar-refractivity contribution is 5.94. The van der Waals surface area contributed by atoms with Gasteiger partial charge in [-0.25, -0.2) is 0 Å². The Morgan fingerprint density at radius 1 is 1.19 bits per heavy atom. The van der Waals surface area contributed by atoms with Gasteiger partial charge < -0.3 is 20.1 Å². The predicted octanol–water partition coefficient (Wildman–Crippen LogP) is 3.22. The van der Waals surface area contributed by atoms with E-state index in [0.29, 0.717) is 25.8 Å². The number of nitrogens with one attached hydrogen (secondary N) is 2. The van der Waals surface area contributed by atoms with Crippen molar-refractivity contribution in [2.24, 2.45) is 10.9 Å². The Hall–Kier alpha value is -3.02. The SMILES string of the molecule is O=C(Nc1ccc2c(c1)COC(NCCOc1ccccc1)=N2)C1CC1. The van der Waals surface area contributed by atoms with Crippen molar-refractivity contribution in [2.75, 3.05) is 18.5 Å². The quantitative estimate of drug-likeness (QED) is 0.784. The van der Waals surface area contributed by atoms with Crippen molar-refractivity contribution in [3.63, 3.8) is 0 Å². The fourth-order valence-electron chi connectivity index (χ4n) is 2.70. The molecule has 1 amide bonds. The molecule has 2 aliphatic rings. The van der Waals surface area contributed by atoms with E-state index in [4.69, 9.17) is 9.47 Å². The Kier molecular flexibility index (Phi) is 4.73. The van der Waals surface area contributed by atoms with Crippen molar-refractivity contribution >= 4 is 23.3 Å². The van der Waals surface area contributed by atoms with Gasteiger partial charge in [-0.2, -0.15) is 4.99 Å². The molecule has 0 bridgehead atoms. The van der Waals surface area contributed by atoms with Gasteiger partial charge in [-0.15, -0.1) is 0 Å². The first-order chi connectivity index (χ1) is 12.8. The molecule has 1 heterocycles. The Bertz CT molecular complexity index is 816. The van der Waals surface area contributed by atoms with Gasteiger partial charge >= 0.3 is 0 Å². The molecule has 1 aliphatic carbocycles. The summed E-state index contributed by atoms with van der Waals surface area (Å²) in [6.45, 7) is 1.54. The number of amidine groups is 1. The molecule has 1 saturated carbocycles. The minimum atomic E-state index is 0.103. The molecule has 0 saturated heterocycles. The van der Waals surface area contributed by atoms with Gasteiger partial charge in [0.2, 0.25) is 5.91 Å². The van der Waals surface area contributed by atoms with E-state index in [0.717, 1.165) is 35.5 Å². The third-order valence-corrected chi connectivity index (χ3v) is 4.27. The van der Waals surface area contributed by atoms with Crippen molar-refractivity contribution in [1.82, 2.24) is 5.32 Å². The molecule has 134 valence electrons. The molecule has 6 heteroatoms. The van der Waals surface area contributed by atoms with Gasteiger partial charge in [0.1, 0.15) is 19.0 Å². The molecule has 2 N–H and O–H groups in total. The summed E-state index contributed by atoms with van der Waals surface area (Å²) in [4.78, 5) is 16.3. The number of aliphatic imine (C=N–C) groups is 1.